The molecule has 0 bridgehead atoms. The van der Waals surface area contributed by atoms with E-state index >= 15 is 0 Å². The van der Waals surface area contributed by atoms with E-state index < -0.39 is 0 Å². The fraction of sp³-hybridized carbons (Fsp3) is 0. The Morgan fingerprint density at radius 3 is 2.63 bits per heavy atom. The zero-order chi connectivity index (χ0) is 13.4. The molecule has 96 valence electrons. The minimum atomic E-state index is 0.537. The average Bonchev–Trinajstić information content (AvgIpc) is 2.87. The zero-order valence-corrected chi connectivity index (χ0v) is 12.7. The van der Waals surface area contributed by atoms with Crippen LogP contribution in [0.4, 0.5) is 17.1 Å². The molecular formula is C12H8Br2N4O. The van der Waals surface area contributed by atoms with Crippen LogP contribution in [-0.4, -0.2) is 10.3 Å². The summed E-state index contributed by atoms with van der Waals surface area (Å²) in [7, 11) is 0. The van der Waals surface area contributed by atoms with Gasteiger partial charge in [-0.1, -0.05) is 15.9 Å². The number of hydrogen-bond acceptors (Lipinski definition) is 5. The van der Waals surface area contributed by atoms with Crippen molar-refractivity contribution in [2.24, 2.45) is 0 Å². The van der Waals surface area contributed by atoms with E-state index in [4.69, 9.17) is 10.4 Å². The van der Waals surface area contributed by atoms with Crippen molar-refractivity contribution in [1.29, 1.82) is 0 Å². The summed E-state index contributed by atoms with van der Waals surface area (Å²) in [6.07, 6.45) is 0. The van der Waals surface area contributed by atoms with E-state index in [9.17, 15) is 0 Å². The molecule has 5 nitrogen and oxygen atoms in total. The van der Waals surface area contributed by atoms with E-state index in [2.05, 4.69) is 47.5 Å². The van der Waals surface area contributed by atoms with E-state index in [-0.39, 0.29) is 0 Å². The topological polar surface area (TPSA) is 77.0 Å². The number of fused-ring (bicyclic) bond motifs is 1. The van der Waals surface area contributed by atoms with E-state index in [1.807, 2.05) is 24.3 Å². The van der Waals surface area contributed by atoms with Gasteiger partial charge >= 0.3 is 0 Å². The Hall–Kier alpha value is -1.60. The third kappa shape index (κ3) is 2.31. The summed E-state index contributed by atoms with van der Waals surface area (Å²) in [5.74, 6) is 0. The molecule has 2 aromatic carbocycles. The van der Waals surface area contributed by atoms with Gasteiger partial charge in [0.2, 0.25) is 0 Å². The summed E-state index contributed by atoms with van der Waals surface area (Å²) in [5, 5.41) is 10.9. The molecule has 1 heterocycles. The zero-order valence-electron chi connectivity index (χ0n) is 9.52. The molecule has 0 radical (unpaired) electrons. The van der Waals surface area contributed by atoms with Crippen LogP contribution in [-0.2, 0) is 0 Å². The highest BCUT2D eigenvalue weighted by Crippen LogP contribution is 2.32. The summed E-state index contributed by atoms with van der Waals surface area (Å²) in [6, 6.07) is 9.46. The van der Waals surface area contributed by atoms with Crippen LogP contribution in [0, 0.1) is 0 Å². The van der Waals surface area contributed by atoms with Gasteiger partial charge in [-0.2, -0.15) is 0 Å². The molecule has 19 heavy (non-hydrogen) atoms. The number of aromatic nitrogens is 2. The van der Waals surface area contributed by atoms with Crippen LogP contribution in [0.25, 0.3) is 11.0 Å². The first kappa shape index (κ1) is 12.4. The molecule has 0 spiro atoms. The Balaban J connectivity index is 2.08. The van der Waals surface area contributed by atoms with Gasteiger partial charge < -0.3 is 11.1 Å². The van der Waals surface area contributed by atoms with Crippen molar-refractivity contribution >= 4 is 60.0 Å². The van der Waals surface area contributed by atoms with Crippen LogP contribution >= 0.6 is 31.9 Å². The first-order valence-corrected chi connectivity index (χ1v) is 6.96. The van der Waals surface area contributed by atoms with Crippen molar-refractivity contribution in [3.8, 4) is 0 Å². The van der Waals surface area contributed by atoms with Gasteiger partial charge in [-0.15, -0.1) is 0 Å². The lowest BCUT2D eigenvalue weighted by molar-refractivity contribution is 0.316. The smallest absolute Gasteiger partial charge is 0.160 e. The van der Waals surface area contributed by atoms with Crippen molar-refractivity contribution in [2.75, 3.05) is 11.1 Å². The minimum absolute atomic E-state index is 0.537. The summed E-state index contributed by atoms with van der Waals surface area (Å²) in [5.41, 5.74) is 9.19. The quantitative estimate of drug-likeness (QED) is 0.652. The third-order valence-electron chi connectivity index (χ3n) is 2.64. The van der Waals surface area contributed by atoms with Crippen LogP contribution in [0.5, 0.6) is 0 Å². The van der Waals surface area contributed by atoms with Crippen molar-refractivity contribution in [3.05, 3.63) is 39.3 Å². The van der Waals surface area contributed by atoms with E-state index in [1.165, 1.54) is 0 Å². The number of hydrogen-bond donors (Lipinski definition) is 2. The van der Waals surface area contributed by atoms with Crippen LogP contribution in [0.15, 0.2) is 43.9 Å². The highest BCUT2D eigenvalue weighted by Gasteiger charge is 2.11. The normalized spacial score (nSPS) is 10.8. The fourth-order valence-corrected chi connectivity index (χ4v) is 2.43. The van der Waals surface area contributed by atoms with Crippen molar-refractivity contribution in [1.82, 2.24) is 10.3 Å². The van der Waals surface area contributed by atoms with Gasteiger partial charge in [0, 0.05) is 8.95 Å². The number of benzene rings is 2. The van der Waals surface area contributed by atoms with Crippen LogP contribution < -0.4 is 11.1 Å². The molecule has 7 heteroatoms. The number of rotatable bonds is 2. The van der Waals surface area contributed by atoms with Gasteiger partial charge in [-0.25, -0.2) is 4.63 Å². The molecule has 0 saturated carbocycles. The number of nitrogens with one attached hydrogen (secondary N) is 1. The van der Waals surface area contributed by atoms with Gasteiger partial charge in [-0.05, 0) is 56.6 Å². The first-order valence-electron chi connectivity index (χ1n) is 5.38. The number of nitrogens with two attached hydrogens (primary N) is 1. The lowest BCUT2D eigenvalue weighted by atomic mass is 10.2. The largest absolute Gasteiger partial charge is 0.397 e. The Kier molecular flexibility index (Phi) is 3.16. The maximum absolute atomic E-state index is 5.81. The molecule has 3 N–H and O–H groups in total. The predicted molar refractivity (Wildman–Crippen MR) is 81.3 cm³/mol. The standard InChI is InChI=1S/C12H8Br2N4O/c13-6-1-2-7(14)10(5-6)16-9-4-3-8(15)11-12(9)18-19-17-11/h1-5,16H,15H2. The maximum atomic E-state index is 5.81. The summed E-state index contributed by atoms with van der Waals surface area (Å²) >= 11 is 6.93. The Morgan fingerprint density at radius 1 is 1.00 bits per heavy atom. The van der Waals surface area contributed by atoms with Gasteiger partial charge in [0.1, 0.15) is 0 Å². The molecule has 0 unspecified atom stereocenters. The Labute approximate surface area is 125 Å². The first-order chi connectivity index (χ1) is 9.15. The highest BCUT2D eigenvalue weighted by molar-refractivity contribution is 9.11. The van der Waals surface area contributed by atoms with Gasteiger partial charge in [0.15, 0.2) is 11.0 Å². The molecule has 0 fully saturated rings. The number of nitrogen functional groups attached to an aromatic ring is 1. The molecule has 0 amide bonds. The minimum Gasteiger partial charge on any atom is -0.397 e. The monoisotopic (exact) mass is 382 g/mol. The maximum Gasteiger partial charge on any atom is 0.160 e. The molecule has 0 atom stereocenters. The number of nitrogens with zero attached hydrogens (tertiary/aromatic N) is 2. The van der Waals surface area contributed by atoms with Crippen molar-refractivity contribution in [3.63, 3.8) is 0 Å². The summed E-state index contributed by atoms with van der Waals surface area (Å²) in [4.78, 5) is 0. The SMILES string of the molecule is Nc1ccc(Nc2cc(Br)ccc2Br)c2nonc12. The Morgan fingerprint density at radius 2 is 1.79 bits per heavy atom. The molecule has 0 aliphatic heterocycles. The lowest BCUT2D eigenvalue weighted by Gasteiger charge is -2.09. The molecule has 1 aromatic heterocycles. The second kappa shape index (κ2) is 4.82. The lowest BCUT2D eigenvalue weighted by Crippen LogP contribution is -1.95. The van der Waals surface area contributed by atoms with Gasteiger partial charge in [0.25, 0.3) is 0 Å². The van der Waals surface area contributed by atoms with Gasteiger partial charge in [-0.3, -0.25) is 0 Å². The molecular weight excluding hydrogens is 376 g/mol. The van der Waals surface area contributed by atoms with Crippen molar-refractivity contribution in [2.45, 2.75) is 0 Å². The van der Waals surface area contributed by atoms with E-state index in [0.29, 0.717) is 16.7 Å². The molecule has 0 saturated heterocycles. The van der Waals surface area contributed by atoms with E-state index in [1.54, 1.807) is 6.07 Å². The van der Waals surface area contributed by atoms with Crippen LogP contribution in [0.2, 0.25) is 0 Å². The third-order valence-corrected chi connectivity index (χ3v) is 3.83. The summed E-state index contributed by atoms with van der Waals surface area (Å²) < 4.78 is 6.65. The second-order valence-corrected chi connectivity index (χ2v) is 5.68. The van der Waals surface area contributed by atoms with E-state index in [0.717, 1.165) is 20.3 Å². The van der Waals surface area contributed by atoms with Gasteiger partial charge in [0.05, 0.1) is 17.1 Å². The van der Waals surface area contributed by atoms with Crippen molar-refractivity contribution < 1.29 is 4.63 Å². The average molecular weight is 384 g/mol. The van der Waals surface area contributed by atoms with Crippen LogP contribution in [0.3, 0.4) is 0 Å². The predicted octanol–water partition coefficient (Wildman–Crippen LogP) is 4.07. The molecule has 0 aliphatic carbocycles. The molecule has 3 aromatic rings. The fourth-order valence-electron chi connectivity index (χ4n) is 1.72. The highest BCUT2D eigenvalue weighted by atomic mass is 79.9. The Bertz CT molecular complexity index is 757. The number of anilines is 3. The summed E-state index contributed by atoms with van der Waals surface area (Å²) in [6.45, 7) is 0. The second-order valence-electron chi connectivity index (χ2n) is 3.91. The number of halogens is 2. The molecule has 0 aliphatic rings. The van der Waals surface area contributed by atoms with Crippen LogP contribution in [0.1, 0.15) is 0 Å². The molecule has 3 rings (SSSR count).